The molecule has 2 atom stereocenters. The van der Waals surface area contributed by atoms with Gasteiger partial charge in [-0.15, -0.1) is 0 Å². The van der Waals surface area contributed by atoms with Crippen molar-refractivity contribution in [1.82, 2.24) is 4.90 Å². The number of hydrogen-bond acceptors (Lipinski definition) is 5. The summed E-state index contributed by atoms with van der Waals surface area (Å²) in [5, 5.41) is 0.484. The van der Waals surface area contributed by atoms with Gasteiger partial charge in [0, 0.05) is 13.2 Å². The summed E-state index contributed by atoms with van der Waals surface area (Å²) in [5.74, 6) is 1.18. The van der Waals surface area contributed by atoms with Crippen LogP contribution in [0.1, 0.15) is 46.1 Å². The Hall–Kier alpha value is -3.90. The number of amides is 1. The highest BCUT2D eigenvalue weighted by Gasteiger charge is 2.44. The van der Waals surface area contributed by atoms with E-state index in [0.717, 1.165) is 24.0 Å². The molecular formula is C29H25NO5. The lowest BCUT2D eigenvalue weighted by Gasteiger charge is -2.27. The van der Waals surface area contributed by atoms with Gasteiger partial charge in [-0.05, 0) is 61.7 Å². The molecule has 6 rings (SSSR count). The number of carbonyl (C=O) groups is 1. The number of hydrogen-bond donors (Lipinski definition) is 0. The standard InChI is InChI=1S/C29H25NO5/c1-18-12-13-24-23(15-18)27(31)25-26(30(29(32)28(25)35-24)17-22-11-6-14-33-22)19-7-5-10-21(16-19)34-20-8-3-2-4-9-20/h2-5,7-10,12-13,15-16,22,26H,6,11,14,17H2,1H3. The molecule has 0 radical (unpaired) electrons. The third-order valence-corrected chi connectivity index (χ3v) is 6.70. The maximum atomic E-state index is 13.8. The van der Waals surface area contributed by atoms with Gasteiger partial charge in [0.15, 0.2) is 5.43 Å². The van der Waals surface area contributed by atoms with Crippen molar-refractivity contribution in [3.05, 3.63) is 105 Å². The number of ether oxygens (including phenoxy) is 2. The highest BCUT2D eigenvalue weighted by molar-refractivity contribution is 5.99. The summed E-state index contributed by atoms with van der Waals surface area (Å²) < 4.78 is 18.0. The topological polar surface area (TPSA) is 69.0 Å². The lowest BCUT2D eigenvalue weighted by atomic mass is 9.97. The normalized spacial score (nSPS) is 19.3. The first-order valence-electron chi connectivity index (χ1n) is 11.9. The molecule has 0 aliphatic carbocycles. The Bertz CT molecular complexity index is 1470. The van der Waals surface area contributed by atoms with E-state index in [1.807, 2.05) is 73.7 Å². The van der Waals surface area contributed by atoms with Gasteiger partial charge >= 0.3 is 0 Å². The van der Waals surface area contributed by atoms with Crippen LogP contribution in [0.3, 0.4) is 0 Å². The lowest BCUT2D eigenvalue weighted by Crippen LogP contribution is -2.36. The van der Waals surface area contributed by atoms with Crippen LogP contribution in [-0.2, 0) is 4.74 Å². The van der Waals surface area contributed by atoms with E-state index in [2.05, 4.69) is 0 Å². The van der Waals surface area contributed by atoms with Crippen LogP contribution in [0.15, 0.2) is 82.0 Å². The predicted octanol–water partition coefficient (Wildman–Crippen LogP) is 5.62. The maximum Gasteiger partial charge on any atom is 0.291 e. The molecule has 35 heavy (non-hydrogen) atoms. The van der Waals surface area contributed by atoms with E-state index < -0.39 is 6.04 Å². The second kappa shape index (κ2) is 8.71. The molecule has 2 aliphatic rings. The summed E-state index contributed by atoms with van der Waals surface area (Å²) in [6.45, 7) is 3.01. The summed E-state index contributed by atoms with van der Waals surface area (Å²) in [6.07, 6.45) is 1.78. The number of rotatable bonds is 5. The zero-order chi connectivity index (χ0) is 23.9. The van der Waals surface area contributed by atoms with Crippen molar-refractivity contribution in [2.75, 3.05) is 13.2 Å². The molecule has 2 aliphatic heterocycles. The minimum atomic E-state index is -0.581. The Morgan fingerprint density at radius 3 is 2.60 bits per heavy atom. The molecule has 0 bridgehead atoms. The molecule has 1 fully saturated rings. The highest BCUT2D eigenvalue weighted by atomic mass is 16.5. The fourth-order valence-electron chi connectivity index (χ4n) is 5.05. The number of fused-ring (bicyclic) bond motifs is 2. The number of para-hydroxylation sites is 1. The Balaban J connectivity index is 1.48. The van der Waals surface area contributed by atoms with Gasteiger partial charge in [0.1, 0.15) is 17.1 Å². The van der Waals surface area contributed by atoms with Crippen LogP contribution in [0.25, 0.3) is 11.0 Å². The van der Waals surface area contributed by atoms with Gasteiger partial charge < -0.3 is 18.8 Å². The largest absolute Gasteiger partial charge is 0.457 e. The molecule has 1 amide bonds. The SMILES string of the molecule is Cc1ccc2oc3c(c(=O)c2c1)C(c1cccc(Oc2ccccc2)c1)N(CC1CCCO1)C3=O. The summed E-state index contributed by atoms with van der Waals surface area (Å²) in [4.78, 5) is 29.1. The molecule has 6 nitrogen and oxygen atoms in total. The van der Waals surface area contributed by atoms with Crippen LogP contribution < -0.4 is 10.2 Å². The van der Waals surface area contributed by atoms with Crippen molar-refractivity contribution in [2.45, 2.75) is 31.9 Å². The molecular weight excluding hydrogens is 442 g/mol. The van der Waals surface area contributed by atoms with Crippen molar-refractivity contribution in [1.29, 1.82) is 0 Å². The Kier molecular flexibility index (Phi) is 5.38. The first-order chi connectivity index (χ1) is 17.1. The monoisotopic (exact) mass is 467 g/mol. The molecule has 1 aromatic heterocycles. The molecule has 0 N–H and O–H groups in total. The Morgan fingerprint density at radius 1 is 0.971 bits per heavy atom. The first-order valence-corrected chi connectivity index (χ1v) is 11.9. The van der Waals surface area contributed by atoms with E-state index in [4.69, 9.17) is 13.9 Å². The minimum Gasteiger partial charge on any atom is -0.457 e. The number of aryl methyl sites for hydroxylation is 1. The maximum absolute atomic E-state index is 13.8. The summed E-state index contributed by atoms with van der Waals surface area (Å²) in [5.41, 5.74) is 2.38. The number of nitrogens with zero attached hydrogens (tertiary/aromatic N) is 1. The summed E-state index contributed by atoms with van der Waals surface area (Å²) in [6, 6.07) is 21.9. The average molecular weight is 468 g/mol. The molecule has 176 valence electrons. The van der Waals surface area contributed by atoms with E-state index in [0.29, 0.717) is 41.2 Å². The molecule has 4 aromatic rings. The average Bonchev–Trinajstić information content (AvgIpc) is 3.48. The van der Waals surface area contributed by atoms with Crippen molar-refractivity contribution >= 4 is 16.9 Å². The first kappa shape index (κ1) is 21.6. The fourth-order valence-corrected chi connectivity index (χ4v) is 5.05. The zero-order valence-corrected chi connectivity index (χ0v) is 19.4. The molecule has 6 heteroatoms. The Labute approximate surface area is 202 Å². The smallest absolute Gasteiger partial charge is 0.291 e. The molecule has 3 heterocycles. The van der Waals surface area contributed by atoms with Crippen LogP contribution >= 0.6 is 0 Å². The van der Waals surface area contributed by atoms with Gasteiger partial charge in [0.05, 0.1) is 23.1 Å². The number of carbonyl (C=O) groups excluding carboxylic acids is 1. The van der Waals surface area contributed by atoms with E-state index >= 15 is 0 Å². The van der Waals surface area contributed by atoms with Gasteiger partial charge in [0.2, 0.25) is 5.76 Å². The predicted molar refractivity (Wildman–Crippen MR) is 132 cm³/mol. The van der Waals surface area contributed by atoms with Crippen molar-refractivity contribution in [3.8, 4) is 11.5 Å². The quantitative estimate of drug-likeness (QED) is 0.381. The van der Waals surface area contributed by atoms with E-state index in [1.54, 1.807) is 11.0 Å². The van der Waals surface area contributed by atoms with Crippen LogP contribution in [-0.4, -0.2) is 30.1 Å². The summed E-state index contributed by atoms with van der Waals surface area (Å²) >= 11 is 0. The van der Waals surface area contributed by atoms with Gasteiger partial charge in [0.25, 0.3) is 5.91 Å². The number of benzene rings is 3. The zero-order valence-electron chi connectivity index (χ0n) is 19.4. The van der Waals surface area contributed by atoms with Crippen LogP contribution in [0.5, 0.6) is 11.5 Å². The van der Waals surface area contributed by atoms with E-state index in [9.17, 15) is 9.59 Å². The lowest BCUT2D eigenvalue weighted by molar-refractivity contribution is 0.0486. The van der Waals surface area contributed by atoms with Crippen molar-refractivity contribution < 1.29 is 18.7 Å². The van der Waals surface area contributed by atoms with Crippen molar-refractivity contribution in [2.24, 2.45) is 0 Å². The second-order valence-corrected chi connectivity index (χ2v) is 9.16. The fraction of sp³-hybridized carbons (Fsp3) is 0.241. The van der Waals surface area contributed by atoms with Gasteiger partial charge in [-0.25, -0.2) is 0 Å². The van der Waals surface area contributed by atoms with Gasteiger partial charge in [-0.3, -0.25) is 9.59 Å². The summed E-state index contributed by atoms with van der Waals surface area (Å²) in [7, 11) is 0. The third kappa shape index (κ3) is 3.90. The molecule has 0 saturated carbocycles. The second-order valence-electron chi connectivity index (χ2n) is 9.16. The van der Waals surface area contributed by atoms with Crippen LogP contribution in [0, 0.1) is 6.92 Å². The van der Waals surface area contributed by atoms with Crippen molar-refractivity contribution in [3.63, 3.8) is 0 Å². The third-order valence-electron chi connectivity index (χ3n) is 6.70. The Morgan fingerprint density at radius 2 is 1.80 bits per heavy atom. The molecule has 0 spiro atoms. The van der Waals surface area contributed by atoms with Gasteiger partial charge in [-0.1, -0.05) is 42.0 Å². The molecule has 3 aromatic carbocycles. The van der Waals surface area contributed by atoms with E-state index in [1.165, 1.54) is 0 Å². The highest BCUT2D eigenvalue weighted by Crippen LogP contribution is 2.40. The van der Waals surface area contributed by atoms with E-state index in [-0.39, 0.29) is 23.2 Å². The van der Waals surface area contributed by atoms with Gasteiger partial charge in [-0.2, -0.15) is 0 Å². The minimum absolute atomic E-state index is 0.0636. The van der Waals surface area contributed by atoms with Crippen LogP contribution in [0.2, 0.25) is 0 Å². The molecule has 2 unspecified atom stereocenters. The van der Waals surface area contributed by atoms with Crippen LogP contribution in [0.4, 0.5) is 0 Å². The molecule has 1 saturated heterocycles.